The first kappa shape index (κ1) is 23.6. The second-order valence-electron chi connectivity index (χ2n) is 7.54. The van der Waals surface area contributed by atoms with Crippen LogP contribution in [0.3, 0.4) is 0 Å². The average molecular weight is 417 g/mol. The second-order valence-corrected chi connectivity index (χ2v) is 7.54. The van der Waals surface area contributed by atoms with Crippen molar-refractivity contribution in [3.63, 3.8) is 0 Å². The summed E-state index contributed by atoms with van der Waals surface area (Å²) in [4.78, 5) is 50.4. The molecule has 0 N–H and O–H groups in total. The highest BCUT2D eigenvalue weighted by molar-refractivity contribution is 5.94. The maximum atomic E-state index is 13.1. The molecule has 0 aromatic carbocycles. The van der Waals surface area contributed by atoms with Crippen molar-refractivity contribution in [2.24, 2.45) is 0 Å². The summed E-state index contributed by atoms with van der Waals surface area (Å²) in [7, 11) is 0. The number of carbonyl (C=O) groups excluding carboxylic acids is 2. The van der Waals surface area contributed by atoms with E-state index in [-0.39, 0.29) is 5.56 Å². The third-order valence-electron chi connectivity index (χ3n) is 5.13. The SMILES string of the molecule is CCCCCCCCCc1c(C(=O)OOC(C)=O)c(=O)c2ccc(C)nc2n1CC. The van der Waals surface area contributed by atoms with Crippen LogP contribution < -0.4 is 5.43 Å². The standard InChI is InChI=1S/C23H32N2O5/c1-5-7-8-9-10-11-12-13-19-20(23(28)30-29-17(4)26)21(27)18-15-14-16(3)24-22(18)25(19)6-2/h14-15H,5-13H2,1-4H3. The molecule has 0 atom stereocenters. The molecular formula is C23H32N2O5. The van der Waals surface area contributed by atoms with Crippen LogP contribution in [0.15, 0.2) is 16.9 Å². The fourth-order valence-electron chi connectivity index (χ4n) is 3.65. The Morgan fingerprint density at radius 2 is 1.67 bits per heavy atom. The Labute approximate surface area is 177 Å². The van der Waals surface area contributed by atoms with Crippen LogP contribution in [0.4, 0.5) is 0 Å². The first-order valence-corrected chi connectivity index (χ1v) is 10.8. The molecule has 0 saturated carbocycles. The molecule has 2 aromatic rings. The fourth-order valence-corrected chi connectivity index (χ4v) is 3.65. The summed E-state index contributed by atoms with van der Waals surface area (Å²) in [6.07, 6.45) is 8.40. The number of carbonyl (C=O) groups is 2. The fraction of sp³-hybridized carbons (Fsp3) is 0.565. The largest absolute Gasteiger partial charge is 0.392 e. The molecule has 0 saturated heterocycles. The first-order valence-electron chi connectivity index (χ1n) is 10.8. The van der Waals surface area contributed by atoms with E-state index in [0.717, 1.165) is 31.9 Å². The lowest BCUT2D eigenvalue weighted by molar-refractivity contribution is -0.231. The lowest BCUT2D eigenvalue weighted by Crippen LogP contribution is -2.26. The van der Waals surface area contributed by atoms with Crippen molar-refractivity contribution in [2.75, 3.05) is 0 Å². The Bertz CT molecular complexity index is 949. The van der Waals surface area contributed by atoms with Crippen LogP contribution >= 0.6 is 0 Å². The smallest absolute Gasteiger partial charge is 0.329 e. The number of aryl methyl sites for hydroxylation is 2. The molecule has 0 aliphatic carbocycles. The van der Waals surface area contributed by atoms with Gasteiger partial charge in [-0.3, -0.25) is 4.79 Å². The number of unbranched alkanes of at least 4 members (excludes halogenated alkanes) is 6. The van der Waals surface area contributed by atoms with E-state index in [9.17, 15) is 14.4 Å². The van der Waals surface area contributed by atoms with Crippen molar-refractivity contribution in [2.45, 2.75) is 85.6 Å². The molecule has 0 unspecified atom stereocenters. The van der Waals surface area contributed by atoms with Crippen molar-refractivity contribution < 1.29 is 19.4 Å². The van der Waals surface area contributed by atoms with Gasteiger partial charge < -0.3 is 4.57 Å². The molecule has 2 heterocycles. The van der Waals surface area contributed by atoms with Gasteiger partial charge in [0, 0.05) is 24.9 Å². The van der Waals surface area contributed by atoms with Crippen molar-refractivity contribution in [1.82, 2.24) is 9.55 Å². The minimum Gasteiger partial charge on any atom is -0.329 e. The third-order valence-corrected chi connectivity index (χ3v) is 5.13. The van der Waals surface area contributed by atoms with E-state index in [1.807, 2.05) is 18.4 Å². The summed E-state index contributed by atoms with van der Waals surface area (Å²) in [5.74, 6) is -1.70. The Hall–Kier alpha value is -2.70. The highest BCUT2D eigenvalue weighted by Gasteiger charge is 2.25. The quantitative estimate of drug-likeness (QED) is 0.318. The molecule has 0 radical (unpaired) electrons. The van der Waals surface area contributed by atoms with Crippen molar-refractivity contribution in [1.29, 1.82) is 0 Å². The van der Waals surface area contributed by atoms with Gasteiger partial charge in [-0.1, -0.05) is 45.4 Å². The van der Waals surface area contributed by atoms with Gasteiger partial charge >= 0.3 is 11.9 Å². The first-order chi connectivity index (χ1) is 14.4. The predicted molar refractivity (Wildman–Crippen MR) is 115 cm³/mol. The maximum absolute atomic E-state index is 13.1. The Kier molecular flexibility index (Phi) is 9.02. The highest BCUT2D eigenvalue weighted by Crippen LogP contribution is 2.20. The molecule has 0 amide bonds. The zero-order valence-corrected chi connectivity index (χ0v) is 18.5. The van der Waals surface area contributed by atoms with Gasteiger partial charge in [0.25, 0.3) is 0 Å². The van der Waals surface area contributed by atoms with Crippen LogP contribution in [-0.2, 0) is 27.5 Å². The monoisotopic (exact) mass is 416 g/mol. The van der Waals surface area contributed by atoms with Crippen LogP contribution in [0.25, 0.3) is 11.0 Å². The van der Waals surface area contributed by atoms with Crippen molar-refractivity contribution in [3.05, 3.63) is 39.3 Å². The van der Waals surface area contributed by atoms with Crippen LogP contribution in [0.1, 0.15) is 87.5 Å². The summed E-state index contributed by atoms with van der Waals surface area (Å²) in [5.41, 5.74) is 1.41. The van der Waals surface area contributed by atoms with Crippen molar-refractivity contribution >= 4 is 23.0 Å². The molecule has 0 bridgehead atoms. The molecule has 7 heteroatoms. The topological polar surface area (TPSA) is 87.5 Å². The summed E-state index contributed by atoms with van der Waals surface area (Å²) < 4.78 is 1.89. The number of hydrogen-bond donors (Lipinski definition) is 0. The van der Waals surface area contributed by atoms with Crippen LogP contribution in [0.2, 0.25) is 0 Å². The lowest BCUT2D eigenvalue weighted by Gasteiger charge is -2.18. The van der Waals surface area contributed by atoms with Crippen LogP contribution in [-0.4, -0.2) is 21.5 Å². The van der Waals surface area contributed by atoms with Crippen LogP contribution in [0, 0.1) is 6.92 Å². The van der Waals surface area contributed by atoms with E-state index in [1.165, 1.54) is 25.7 Å². The van der Waals surface area contributed by atoms with E-state index in [4.69, 9.17) is 0 Å². The molecule has 0 aliphatic heterocycles. The van der Waals surface area contributed by atoms with Gasteiger partial charge in [-0.2, -0.15) is 0 Å². The molecule has 0 aliphatic rings. The Morgan fingerprint density at radius 1 is 1.00 bits per heavy atom. The molecule has 0 spiro atoms. The van der Waals surface area contributed by atoms with Gasteiger partial charge in [0.05, 0.1) is 5.39 Å². The Balaban J connectivity index is 2.39. The normalized spacial score (nSPS) is 10.9. The molecular weight excluding hydrogens is 384 g/mol. The Morgan fingerprint density at radius 3 is 2.30 bits per heavy atom. The van der Waals surface area contributed by atoms with Gasteiger partial charge in [0.15, 0.2) is 0 Å². The maximum Gasteiger partial charge on any atom is 0.392 e. The molecule has 7 nitrogen and oxygen atoms in total. The van der Waals surface area contributed by atoms with E-state index >= 15 is 0 Å². The minimum atomic E-state index is -0.946. The van der Waals surface area contributed by atoms with Gasteiger partial charge in [-0.25, -0.2) is 24.3 Å². The van der Waals surface area contributed by atoms with E-state index in [0.29, 0.717) is 29.7 Å². The average Bonchev–Trinajstić information content (AvgIpc) is 2.71. The summed E-state index contributed by atoms with van der Waals surface area (Å²) in [5, 5.41) is 0.348. The third kappa shape index (κ3) is 5.90. The van der Waals surface area contributed by atoms with Gasteiger partial charge in [-0.15, -0.1) is 0 Å². The van der Waals surface area contributed by atoms with Gasteiger partial charge in [0.1, 0.15) is 11.2 Å². The number of fused-ring (bicyclic) bond motifs is 1. The molecule has 2 aromatic heterocycles. The van der Waals surface area contributed by atoms with E-state index in [2.05, 4.69) is 21.7 Å². The van der Waals surface area contributed by atoms with E-state index < -0.39 is 17.4 Å². The number of aromatic nitrogens is 2. The van der Waals surface area contributed by atoms with E-state index in [1.54, 1.807) is 12.1 Å². The minimum absolute atomic E-state index is 0.0813. The highest BCUT2D eigenvalue weighted by atomic mass is 17.2. The lowest BCUT2D eigenvalue weighted by atomic mass is 10.0. The zero-order chi connectivity index (χ0) is 22.1. The van der Waals surface area contributed by atoms with Gasteiger partial charge in [0.2, 0.25) is 5.43 Å². The second kappa shape index (κ2) is 11.5. The van der Waals surface area contributed by atoms with Gasteiger partial charge in [-0.05, 0) is 38.8 Å². The number of hydrogen-bond acceptors (Lipinski definition) is 6. The summed E-state index contributed by atoms with van der Waals surface area (Å²) in [6.45, 7) is 7.68. The number of nitrogens with zero attached hydrogens (tertiary/aromatic N) is 2. The number of pyridine rings is 2. The molecule has 164 valence electrons. The predicted octanol–water partition coefficient (Wildman–Crippen LogP) is 4.65. The molecule has 0 fully saturated rings. The molecule has 30 heavy (non-hydrogen) atoms. The zero-order valence-electron chi connectivity index (χ0n) is 18.5. The van der Waals surface area contributed by atoms with Crippen LogP contribution in [0.5, 0.6) is 0 Å². The van der Waals surface area contributed by atoms with Crippen molar-refractivity contribution in [3.8, 4) is 0 Å². The molecule has 2 rings (SSSR count). The summed E-state index contributed by atoms with van der Waals surface area (Å²) in [6, 6.07) is 3.41. The number of rotatable bonds is 10. The summed E-state index contributed by atoms with van der Waals surface area (Å²) >= 11 is 0.